The second-order valence-electron chi connectivity index (χ2n) is 7.71. The highest BCUT2D eigenvalue weighted by Gasteiger charge is 2.27. The number of aryl methyl sites for hydroxylation is 1. The zero-order valence-corrected chi connectivity index (χ0v) is 17.8. The van der Waals surface area contributed by atoms with Crippen molar-refractivity contribution in [2.75, 3.05) is 51.7 Å². The van der Waals surface area contributed by atoms with Crippen LogP contribution in [0.5, 0.6) is 0 Å². The molecule has 1 aliphatic rings. The summed E-state index contributed by atoms with van der Waals surface area (Å²) < 4.78 is 0. The molecule has 0 bridgehead atoms. The summed E-state index contributed by atoms with van der Waals surface area (Å²) in [6.07, 6.45) is 0. The van der Waals surface area contributed by atoms with E-state index in [-0.39, 0.29) is 6.61 Å². The Hall–Kier alpha value is -1.93. The molecule has 28 heavy (non-hydrogen) atoms. The van der Waals surface area contributed by atoms with Gasteiger partial charge in [0.1, 0.15) is 10.8 Å². The molecule has 152 valence electrons. The van der Waals surface area contributed by atoms with Gasteiger partial charge in [-0.05, 0) is 32.0 Å². The molecule has 4 N–H and O–H groups in total. The van der Waals surface area contributed by atoms with Crippen molar-refractivity contribution >= 4 is 27.9 Å². The summed E-state index contributed by atoms with van der Waals surface area (Å²) >= 11 is 1.75. The molecular weight excluding hydrogens is 370 g/mol. The summed E-state index contributed by atoms with van der Waals surface area (Å²) in [6, 6.07) is 12.5. The standard InChI is InChI=1S/C21H31N5OS/c1-16-13-18(20(28-16)24-17-7-5-4-6-8-17)19(23-3)26-11-9-25(10-12-26)14-21(2,22)15-27/h4-8,13,24,27H,9-12,14-15,22H2,1-3H3. The van der Waals surface area contributed by atoms with Crippen molar-refractivity contribution in [2.24, 2.45) is 10.7 Å². The second-order valence-corrected chi connectivity index (χ2v) is 8.97. The second kappa shape index (κ2) is 9.05. The zero-order valence-electron chi connectivity index (χ0n) is 17.0. The van der Waals surface area contributed by atoms with Gasteiger partial charge in [0.05, 0.1) is 12.2 Å². The Balaban J connectivity index is 1.71. The molecule has 1 aromatic heterocycles. The summed E-state index contributed by atoms with van der Waals surface area (Å²) in [7, 11) is 1.86. The fourth-order valence-corrected chi connectivity index (χ4v) is 4.46. The van der Waals surface area contributed by atoms with Gasteiger partial charge in [-0.3, -0.25) is 9.89 Å². The van der Waals surface area contributed by atoms with Crippen LogP contribution in [0.3, 0.4) is 0 Å². The SMILES string of the molecule is CN=C(c1cc(C)sc1Nc1ccccc1)N1CCN(CC(C)(N)CO)CC1. The van der Waals surface area contributed by atoms with E-state index in [1.807, 2.05) is 32.2 Å². The molecule has 2 heterocycles. The van der Waals surface area contributed by atoms with Gasteiger partial charge in [0.25, 0.3) is 0 Å². The number of hydrogen-bond acceptors (Lipinski definition) is 6. The molecule has 7 heteroatoms. The average molecular weight is 402 g/mol. The number of piperazine rings is 1. The Labute approximate surface area is 171 Å². The number of para-hydroxylation sites is 1. The van der Waals surface area contributed by atoms with Crippen LogP contribution >= 0.6 is 11.3 Å². The number of thiophene rings is 1. The van der Waals surface area contributed by atoms with Crippen molar-refractivity contribution in [3.05, 3.63) is 46.8 Å². The van der Waals surface area contributed by atoms with Crippen LogP contribution in [0.1, 0.15) is 17.4 Å². The van der Waals surface area contributed by atoms with E-state index in [2.05, 4.69) is 45.2 Å². The number of nitrogens with one attached hydrogen (secondary N) is 1. The first kappa shape index (κ1) is 20.8. The Bertz CT molecular complexity index is 794. The highest BCUT2D eigenvalue weighted by atomic mass is 32.1. The van der Waals surface area contributed by atoms with Gasteiger partial charge in [-0.15, -0.1) is 11.3 Å². The van der Waals surface area contributed by atoms with Crippen LogP contribution in [0.15, 0.2) is 41.4 Å². The number of aliphatic hydroxyl groups excluding tert-OH is 1. The normalized spacial score (nSPS) is 18.2. The number of benzene rings is 1. The maximum atomic E-state index is 9.42. The summed E-state index contributed by atoms with van der Waals surface area (Å²) in [4.78, 5) is 10.6. The molecule has 1 saturated heterocycles. The van der Waals surface area contributed by atoms with E-state index in [0.29, 0.717) is 6.54 Å². The van der Waals surface area contributed by atoms with Crippen molar-refractivity contribution in [3.8, 4) is 0 Å². The lowest BCUT2D eigenvalue weighted by Crippen LogP contribution is -2.56. The molecule has 1 aromatic carbocycles. The van der Waals surface area contributed by atoms with E-state index < -0.39 is 5.54 Å². The summed E-state index contributed by atoms with van der Waals surface area (Å²) in [5.74, 6) is 1.03. The minimum atomic E-state index is -0.554. The van der Waals surface area contributed by atoms with E-state index in [1.54, 1.807) is 11.3 Å². The largest absolute Gasteiger partial charge is 0.394 e. The molecule has 2 aromatic rings. The van der Waals surface area contributed by atoms with Gasteiger partial charge in [0.15, 0.2) is 0 Å². The first-order valence-electron chi connectivity index (χ1n) is 9.68. The Morgan fingerprint density at radius 2 is 1.93 bits per heavy atom. The van der Waals surface area contributed by atoms with E-state index in [4.69, 9.17) is 5.73 Å². The highest BCUT2D eigenvalue weighted by Crippen LogP contribution is 2.32. The van der Waals surface area contributed by atoms with Crippen LogP contribution in [-0.2, 0) is 0 Å². The fraction of sp³-hybridized carbons (Fsp3) is 0.476. The molecule has 0 saturated carbocycles. The van der Waals surface area contributed by atoms with Gasteiger partial charge in [-0.2, -0.15) is 0 Å². The average Bonchev–Trinajstić information content (AvgIpc) is 3.04. The number of aliphatic imine (C=N–C) groups is 1. The smallest absolute Gasteiger partial charge is 0.133 e. The van der Waals surface area contributed by atoms with Crippen LogP contribution in [0.25, 0.3) is 0 Å². The van der Waals surface area contributed by atoms with E-state index in [0.717, 1.165) is 48.3 Å². The molecular formula is C21H31N5OS. The van der Waals surface area contributed by atoms with Gasteiger partial charge >= 0.3 is 0 Å². The van der Waals surface area contributed by atoms with Crippen LogP contribution in [0.4, 0.5) is 10.7 Å². The van der Waals surface area contributed by atoms with E-state index >= 15 is 0 Å². The first-order chi connectivity index (χ1) is 13.4. The van der Waals surface area contributed by atoms with Gasteiger partial charge in [0, 0.05) is 55.9 Å². The summed E-state index contributed by atoms with van der Waals surface area (Å²) in [6.45, 7) is 8.35. The zero-order chi connectivity index (χ0) is 20.1. The molecule has 0 amide bonds. The molecule has 0 spiro atoms. The van der Waals surface area contributed by atoms with Crippen molar-refractivity contribution in [1.82, 2.24) is 9.80 Å². The minimum absolute atomic E-state index is 0.00240. The maximum Gasteiger partial charge on any atom is 0.133 e. The lowest BCUT2D eigenvalue weighted by Gasteiger charge is -2.39. The Kier molecular flexibility index (Phi) is 6.72. The third-order valence-corrected chi connectivity index (χ3v) is 5.92. The molecule has 6 nitrogen and oxygen atoms in total. The van der Waals surface area contributed by atoms with Crippen molar-refractivity contribution in [1.29, 1.82) is 0 Å². The molecule has 1 fully saturated rings. The van der Waals surface area contributed by atoms with Gasteiger partial charge in [-0.1, -0.05) is 18.2 Å². The third kappa shape index (κ3) is 5.11. The van der Waals surface area contributed by atoms with Gasteiger partial charge in [-0.25, -0.2) is 0 Å². The minimum Gasteiger partial charge on any atom is -0.394 e. The number of aliphatic hydroxyl groups is 1. The van der Waals surface area contributed by atoms with Crippen LogP contribution in [-0.4, -0.2) is 72.7 Å². The molecule has 1 aliphatic heterocycles. The Morgan fingerprint density at radius 3 is 2.54 bits per heavy atom. The molecule has 3 rings (SSSR count). The quantitative estimate of drug-likeness (QED) is 0.512. The molecule has 0 radical (unpaired) electrons. The third-order valence-electron chi connectivity index (χ3n) is 4.96. The van der Waals surface area contributed by atoms with Gasteiger partial charge < -0.3 is 21.1 Å². The topological polar surface area (TPSA) is 77.1 Å². The Morgan fingerprint density at radius 1 is 1.25 bits per heavy atom. The number of hydrogen-bond donors (Lipinski definition) is 3. The van der Waals surface area contributed by atoms with Crippen molar-refractivity contribution in [2.45, 2.75) is 19.4 Å². The van der Waals surface area contributed by atoms with E-state index in [1.165, 1.54) is 4.88 Å². The number of nitrogens with zero attached hydrogens (tertiary/aromatic N) is 3. The van der Waals surface area contributed by atoms with Crippen molar-refractivity contribution < 1.29 is 5.11 Å². The van der Waals surface area contributed by atoms with Crippen molar-refractivity contribution in [3.63, 3.8) is 0 Å². The van der Waals surface area contributed by atoms with Gasteiger partial charge in [0.2, 0.25) is 0 Å². The predicted octanol–water partition coefficient (Wildman–Crippen LogP) is 2.50. The highest BCUT2D eigenvalue weighted by molar-refractivity contribution is 7.16. The lowest BCUT2D eigenvalue weighted by molar-refractivity contribution is 0.118. The predicted molar refractivity (Wildman–Crippen MR) is 119 cm³/mol. The fourth-order valence-electron chi connectivity index (χ4n) is 3.54. The van der Waals surface area contributed by atoms with Crippen LogP contribution < -0.4 is 11.1 Å². The monoisotopic (exact) mass is 401 g/mol. The maximum absolute atomic E-state index is 9.42. The number of nitrogens with two attached hydrogens (primary N) is 1. The molecule has 1 atom stereocenters. The first-order valence-corrected chi connectivity index (χ1v) is 10.5. The number of amidine groups is 1. The lowest BCUT2D eigenvalue weighted by atomic mass is 10.0. The number of rotatable bonds is 6. The van der Waals surface area contributed by atoms with Crippen LogP contribution in [0, 0.1) is 6.92 Å². The van der Waals surface area contributed by atoms with Crippen LogP contribution in [0.2, 0.25) is 0 Å². The van der Waals surface area contributed by atoms with E-state index in [9.17, 15) is 5.11 Å². The summed E-state index contributed by atoms with van der Waals surface area (Å²) in [5.41, 5.74) is 7.80. The molecule has 0 aliphatic carbocycles. The molecule has 1 unspecified atom stereocenters. The summed E-state index contributed by atoms with van der Waals surface area (Å²) in [5, 5.41) is 14.1. The number of anilines is 2.